The highest BCUT2D eigenvalue weighted by molar-refractivity contribution is 5.51. The maximum atomic E-state index is 4.59. The third kappa shape index (κ3) is 2.93. The molecule has 20 heavy (non-hydrogen) atoms. The maximum absolute atomic E-state index is 4.59. The number of anilines is 2. The molecule has 0 aromatic carbocycles. The third-order valence-electron chi connectivity index (χ3n) is 3.59. The normalized spacial score (nSPS) is 19.2. The number of pyridine rings is 1. The Hall–Kier alpha value is -2.01. The van der Waals surface area contributed by atoms with Gasteiger partial charge >= 0.3 is 0 Å². The molecular formula is C15H19N5. The van der Waals surface area contributed by atoms with E-state index in [-0.39, 0.29) is 0 Å². The predicted octanol–water partition coefficient (Wildman–Crippen LogP) is 2.34. The highest BCUT2D eigenvalue weighted by Crippen LogP contribution is 2.26. The molecule has 2 aromatic heterocycles. The summed E-state index contributed by atoms with van der Waals surface area (Å²) in [6.45, 7) is 4.14. The van der Waals surface area contributed by atoms with Crippen LogP contribution in [0.3, 0.4) is 0 Å². The first-order chi connectivity index (χ1) is 9.70. The van der Waals surface area contributed by atoms with Crippen molar-refractivity contribution in [1.29, 1.82) is 0 Å². The van der Waals surface area contributed by atoms with Crippen LogP contribution in [0.2, 0.25) is 0 Å². The highest BCUT2D eigenvalue weighted by atomic mass is 15.1. The monoisotopic (exact) mass is 269 g/mol. The van der Waals surface area contributed by atoms with Gasteiger partial charge in [0.1, 0.15) is 17.5 Å². The Bertz CT molecular complexity index is 584. The van der Waals surface area contributed by atoms with Gasteiger partial charge in [-0.25, -0.2) is 15.0 Å². The summed E-state index contributed by atoms with van der Waals surface area (Å²) in [5.74, 6) is 2.93. The number of likely N-dealkylation sites (tertiary alicyclic amines) is 1. The molecule has 0 radical (unpaired) electrons. The second kappa shape index (κ2) is 5.54. The molecule has 3 rings (SSSR count). The summed E-state index contributed by atoms with van der Waals surface area (Å²) in [6.07, 6.45) is 2.93. The predicted molar refractivity (Wildman–Crippen MR) is 79.1 cm³/mol. The third-order valence-corrected chi connectivity index (χ3v) is 3.59. The Kier molecular flexibility index (Phi) is 3.60. The highest BCUT2D eigenvalue weighted by Gasteiger charge is 2.23. The van der Waals surface area contributed by atoms with Crippen molar-refractivity contribution in [2.45, 2.75) is 19.3 Å². The zero-order valence-corrected chi connectivity index (χ0v) is 11.9. The molecule has 0 bridgehead atoms. The fourth-order valence-electron chi connectivity index (χ4n) is 2.61. The van der Waals surface area contributed by atoms with Gasteiger partial charge in [-0.3, -0.25) is 0 Å². The van der Waals surface area contributed by atoms with Crippen molar-refractivity contribution in [3.63, 3.8) is 0 Å². The molecule has 5 nitrogen and oxygen atoms in total. The lowest BCUT2D eigenvalue weighted by Crippen LogP contribution is -2.14. The summed E-state index contributed by atoms with van der Waals surface area (Å²) in [5, 5.41) is 3.24. The number of aromatic nitrogens is 3. The number of aryl methyl sites for hydroxylation is 1. The zero-order chi connectivity index (χ0) is 13.9. The molecule has 0 aliphatic carbocycles. The first kappa shape index (κ1) is 13.0. The fourth-order valence-corrected chi connectivity index (χ4v) is 2.61. The first-order valence-corrected chi connectivity index (χ1v) is 6.93. The van der Waals surface area contributed by atoms with E-state index in [1.54, 1.807) is 6.20 Å². The van der Waals surface area contributed by atoms with E-state index in [1.807, 2.05) is 31.2 Å². The number of likely N-dealkylation sites (N-methyl/N-ethyl adjacent to an activating group) is 1. The number of hydrogen-bond acceptors (Lipinski definition) is 5. The van der Waals surface area contributed by atoms with Crippen molar-refractivity contribution in [2.75, 3.05) is 25.5 Å². The topological polar surface area (TPSA) is 53.9 Å². The number of hydrogen-bond donors (Lipinski definition) is 1. The largest absolute Gasteiger partial charge is 0.325 e. The van der Waals surface area contributed by atoms with E-state index < -0.39 is 0 Å². The van der Waals surface area contributed by atoms with Gasteiger partial charge in [0.05, 0.1) is 5.69 Å². The molecule has 3 heterocycles. The van der Waals surface area contributed by atoms with Crippen molar-refractivity contribution < 1.29 is 0 Å². The van der Waals surface area contributed by atoms with Crippen LogP contribution in [0.15, 0.2) is 30.5 Å². The molecule has 2 aromatic rings. The molecule has 1 saturated heterocycles. The Labute approximate surface area is 119 Å². The quantitative estimate of drug-likeness (QED) is 0.927. The Morgan fingerprint density at radius 1 is 1.25 bits per heavy atom. The fraction of sp³-hybridized carbons (Fsp3) is 0.400. The molecule has 1 N–H and O–H groups in total. The van der Waals surface area contributed by atoms with Crippen LogP contribution in [-0.4, -0.2) is 40.0 Å². The lowest BCUT2D eigenvalue weighted by atomic mass is 10.0. The molecular weight excluding hydrogens is 250 g/mol. The molecule has 1 atom stereocenters. The number of nitrogens with zero attached hydrogens (tertiary/aromatic N) is 4. The molecule has 0 amide bonds. The standard InChI is InChI=1S/C15H19N5/c1-11-17-13(12-6-8-20(2)10-12)9-15(18-11)19-14-5-3-4-7-16-14/h3-5,7,9,12H,6,8,10H2,1-2H3,(H,16,17,18,19). The molecule has 0 saturated carbocycles. The van der Waals surface area contributed by atoms with Crippen LogP contribution >= 0.6 is 0 Å². The summed E-state index contributed by atoms with van der Waals surface area (Å²) in [4.78, 5) is 15.6. The van der Waals surface area contributed by atoms with Crippen molar-refractivity contribution >= 4 is 11.6 Å². The Morgan fingerprint density at radius 2 is 2.15 bits per heavy atom. The Morgan fingerprint density at radius 3 is 2.85 bits per heavy atom. The maximum Gasteiger partial charge on any atom is 0.135 e. The van der Waals surface area contributed by atoms with Gasteiger partial charge < -0.3 is 10.2 Å². The van der Waals surface area contributed by atoms with Crippen molar-refractivity contribution in [3.8, 4) is 0 Å². The Balaban J connectivity index is 1.83. The summed E-state index contributed by atoms with van der Waals surface area (Å²) >= 11 is 0. The van der Waals surface area contributed by atoms with Crippen molar-refractivity contribution in [2.24, 2.45) is 0 Å². The molecule has 1 unspecified atom stereocenters. The van der Waals surface area contributed by atoms with Crippen molar-refractivity contribution in [3.05, 3.63) is 42.0 Å². The lowest BCUT2D eigenvalue weighted by molar-refractivity contribution is 0.410. The van der Waals surface area contributed by atoms with Crippen LogP contribution in [0.4, 0.5) is 11.6 Å². The average molecular weight is 269 g/mol. The minimum atomic E-state index is 0.506. The van der Waals surface area contributed by atoms with Gasteiger partial charge in [-0.05, 0) is 39.1 Å². The van der Waals surface area contributed by atoms with Crippen LogP contribution in [0.1, 0.15) is 23.9 Å². The van der Waals surface area contributed by atoms with Gasteiger partial charge in [-0.2, -0.15) is 0 Å². The number of nitrogens with one attached hydrogen (secondary N) is 1. The van der Waals surface area contributed by atoms with Gasteiger partial charge in [0.25, 0.3) is 0 Å². The SMILES string of the molecule is Cc1nc(Nc2ccccn2)cc(C2CCN(C)C2)n1. The zero-order valence-electron chi connectivity index (χ0n) is 11.9. The second-order valence-corrected chi connectivity index (χ2v) is 5.31. The van der Waals surface area contributed by atoms with E-state index in [9.17, 15) is 0 Å². The van der Waals surface area contributed by atoms with Gasteiger partial charge in [0.2, 0.25) is 0 Å². The van der Waals surface area contributed by atoms with E-state index in [4.69, 9.17) is 0 Å². The van der Waals surface area contributed by atoms with Crippen LogP contribution in [-0.2, 0) is 0 Å². The summed E-state index contributed by atoms with van der Waals surface area (Å²) in [5.41, 5.74) is 1.13. The van der Waals surface area contributed by atoms with E-state index in [2.05, 4.69) is 32.2 Å². The first-order valence-electron chi connectivity index (χ1n) is 6.93. The van der Waals surface area contributed by atoms with Crippen LogP contribution in [0, 0.1) is 6.92 Å². The molecule has 1 fully saturated rings. The minimum Gasteiger partial charge on any atom is -0.325 e. The van der Waals surface area contributed by atoms with E-state index in [0.717, 1.165) is 42.7 Å². The number of rotatable bonds is 3. The molecule has 104 valence electrons. The van der Waals surface area contributed by atoms with Gasteiger partial charge in [-0.1, -0.05) is 6.07 Å². The van der Waals surface area contributed by atoms with E-state index in [0.29, 0.717) is 5.92 Å². The van der Waals surface area contributed by atoms with Gasteiger partial charge in [-0.15, -0.1) is 0 Å². The smallest absolute Gasteiger partial charge is 0.135 e. The van der Waals surface area contributed by atoms with E-state index in [1.165, 1.54) is 0 Å². The lowest BCUT2D eigenvalue weighted by Gasteiger charge is -2.12. The molecule has 5 heteroatoms. The summed E-state index contributed by atoms with van der Waals surface area (Å²) in [6, 6.07) is 7.83. The summed E-state index contributed by atoms with van der Waals surface area (Å²) in [7, 11) is 2.15. The average Bonchev–Trinajstić information content (AvgIpc) is 2.86. The summed E-state index contributed by atoms with van der Waals surface area (Å²) < 4.78 is 0. The van der Waals surface area contributed by atoms with E-state index >= 15 is 0 Å². The van der Waals surface area contributed by atoms with Crippen molar-refractivity contribution in [1.82, 2.24) is 19.9 Å². The molecule has 1 aliphatic rings. The minimum absolute atomic E-state index is 0.506. The van der Waals surface area contributed by atoms with Gasteiger partial charge in [0.15, 0.2) is 0 Å². The second-order valence-electron chi connectivity index (χ2n) is 5.31. The molecule has 0 spiro atoms. The van der Waals surface area contributed by atoms with Gasteiger partial charge in [0, 0.05) is 24.7 Å². The molecule has 1 aliphatic heterocycles. The van der Waals surface area contributed by atoms with Crippen LogP contribution in [0.5, 0.6) is 0 Å². The van der Waals surface area contributed by atoms with Crippen LogP contribution < -0.4 is 5.32 Å². The van der Waals surface area contributed by atoms with Crippen LogP contribution in [0.25, 0.3) is 0 Å².